The lowest BCUT2D eigenvalue weighted by Crippen LogP contribution is -2.41. The van der Waals surface area contributed by atoms with Crippen LogP contribution >= 0.6 is 0 Å². The van der Waals surface area contributed by atoms with Gasteiger partial charge >= 0.3 is 6.03 Å². The van der Waals surface area contributed by atoms with Crippen LogP contribution in [0.25, 0.3) is 10.8 Å². The number of rotatable bonds is 6. The number of hydrogen-bond donors (Lipinski definition) is 1. The molecule has 1 aliphatic heterocycles. The van der Waals surface area contributed by atoms with Crippen molar-refractivity contribution < 1.29 is 14.3 Å². The number of nitrogens with zero attached hydrogens (tertiary/aromatic N) is 1. The van der Waals surface area contributed by atoms with Gasteiger partial charge in [0.1, 0.15) is 11.3 Å². The molecule has 148 valence electrons. The molecule has 0 aliphatic carbocycles. The summed E-state index contributed by atoms with van der Waals surface area (Å²) in [6.07, 6.45) is 0.570. The molecular weight excluding hydrogens is 364 g/mol. The minimum atomic E-state index is -1.06. The second kappa shape index (κ2) is 7.59. The van der Waals surface area contributed by atoms with E-state index >= 15 is 0 Å². The van der Waals surface area contributed by atoms with Gasteiger partial charge in [-0.2, -0.15) is 0 Å². The van der Waals surface area contributed by atoms with Gasteiger partial charge in [0.05, 0.1) is 6.61 Å². The summed E-state index contributed by atoms with van der Waals surface area (Å²) in [5, 5.41) is 5.01. The third kappa shape index (κ3) is 3.68. The van der Waals surface area contributed by atoms with Crippen molar-refractivity contribution in [2.75, 3.05) is 13.2 Å². The molecule has 1 N–H and O–H groups in total. The van der Waals surface area contributed by atoms with Gasteiger partial charge in [0.2, 0.25) is 0 Å². The van der Waals surface area contributed by atoms with Crippen LogP contribution in [0.5, 0.6) is 5.75 Å². The van der Waals surface area contributed by atoms with E-state index in [-0.39, 0.29) is 11.9 Å². The monoisotopic (exact) mass is 388 g/mol. The molecule has 29 heavy (non-hydrogen) atoms. The molecule has 1 heterocycles. The summed E-state index contributed by atoms with van der Waals surface area (Å²) in [5.74, 6) is 0.566. The molecular formula is C24H24N2O3. The van der Waals surface area contributed by atoms with Crippen LogP contribution in [-0.4, -0.2) is 30.0 Å². The normalized spacial score (nSPS) is 18.9. The molecule has 3 aromatic rings. The Labute approximate surface area is 170 Å². The summed E-state index contributed by atoms with van der Waals surface area (Å²) in [4.78, 5) is 26.9. The fourth-order valence-electron chi connectivity index (χ4n) is 3.71. The molecule has 5 heteroatoms. The van der Waals surface area contributed by atoms with Crippen molar-refractivity contribution in [1.29, 1.82) is 0 Å². The van der Waals surface area contributed by atoms with E-state index in [9.17, 15) is 9.59 Å². The second-order valence-electron chi connectivity index (χ2n) is 7.59. The number of imide groups is 1. The number of amides is 3. The van der Waals surface area contributed by atoms with E-state index in [2.05, 4.69) is 5.32 Å². The zero-order valence-corrected chi connectivity index (χ0v) is 16.6. The number of fused-ring (bicyclic) bond motifs is 1. The smallest absolute Gasteiger partial charge is 0.325 e. The number of ether oxygens (including phenoxy) is 1. The summed E-state index contributed by atoms with van der Waals surface area (Å²) in [6.45, 7) is 4.53. The van der Waals surface area contributed by atoms with E-state index in [4.69, 9.17) is 4.74 Å². The van der Waals surface area contributed by atoms with Crippen molar-refractivity contribution >= 4 is 22.7 Å². The van der Waals surface area contributed by atoms with Crippen LogP contribution in [-0.2, 0) is 10.3 Å². The van der Waals surface area contributed by atoms with Gasteiger partial charge in [-0.15, -0.1) is 0 Å². The zero-order valence-electron chi connectivity index (χ0n) is 16.6. The summed E-state index contributed by atoms with van der Waals surface area (Å²) < 4.78 is 5.73. The third-order valence-electron chi connectivity index (χ3n) is 5.39. The van der Waals surface area contributed by atoms with Crippen molar-refractivity contribution in [3.8, 4) is 5.75 Å². The highest BCUT2D eigenvalue weighted by molar-refractivity contribution is 6.07. The number of hydrogen-bond acceptors (Lipinski definition) is 3. The molecule has 0 radical (unpaired) electrons. The average Bonchev–Trinajstić information content (AvgIpc) is 2.94. The molecule has 1 saturated heterocycles. The Balaban J connectivity index is 1.43. The molecule has 3 amide bonds. The number of nitrogens with one attached hydrogen (secondary N) is 1. The van der Waals surface area contributed by atoms with Gasteiger partial charge in [-0.3, -0.25) is 9.69 Å². The van der Waals surface area contributed by atoms with E-state index in [1.165, 1.54) is 4.90 Å². The van der Waals surface area contributed by atoms with Crippen molar-refractivity contribution in [3.63, 3.8) is 0 Å². The predicted molar refractivity (Wildman–Crippen MR) is 113 cm³/mol. The summed E-state index contributed by atoms with van der Waals surface area (Å²) in [6, 6.07) is 21.3. The lowest BCUT2D eigenvalue weighted by molar-refractivity contribution is -0.131. The minimum absolute atomic E-state index is 0.228. The molecule has 1 aliphatic rings. The second-order valence-corrected chi connectivity index (χ2v) is 7.59. The third-order valence-corrected chi connectivity index (χ3v) is 5.39. The maximum atomic E-state index is 13.1. The first-order valence-electron chi connectivity index (χ1n) is 9.80. The lowest BCUT2D eigenvalue weighted by atomic mass is 9.90. The Kier molecular flexibility index (Phi) is 4.97. The average molecular weight is 388 g/mol. The molecule has 1 fully saturated rings. The summed E-state index contributed by atoms with van der Waals surface area (Å²) in [7, 11) is 0. The fourth-order valence-corrected chi connectivity index (χ4v) is 3.71. The Morgan fingerprint density at radius 3 is 2.55 bits per heavy atom. The molecule has 1 atom stereocenters. The Morgan fingerprint density at radius 2 is 1.76 bits per heavy atom. The van der Waals surface area contributed by atoms with Gasteiger partial charge < -0.3 is 10.1 Å². The van der Waals surface area contributed by atoms with Crippen LogP contribution in [0.3, 0.4) is 0 Å². The largest absolute Gasteiger partial charge is 0.494 e. The molecule has 0 aromatic heterocycles. The molecule has 4 rings (SSSR count). The maximum Gasteiger partial charge on any atom is 0.325 e. The van der Waals surface area contributed by atoms with Gasteiger partial charge in [0.15, 0.2) is 0 Å². The van der Waals surface area contributed by atoms with Crippen LogP contribution in [0.2, 0.25) is 0 Å². The molecule has 1 unspecified atom stereocenters. The predicted octanol–water partition coefficient (Wildman–Crippen LogP) is 4.38. The number of aryl methyl sites for hydroxylation is 1. The topological polar surface area (TPSA) is 58.6 Å². The van der Waals surface area contributed by atoms with Crippen molar-refractivity contribution in [2.24, 2.45) is 0 Å². The molecule has 0 saturated carbocycles. The van der Waals surface area contributed by atoms with Crippen LogP contribution in [0.1, 0.15) is 24.5 Å². The quantitative estimate of drug-likeness (QED) is 0.503. The Bertz CT molecular complexity index is 1080. The van der Waals surface area contributed by atoms with Gasteiger partial charge in [0.25, 0.3) is 5.91 Å². The van der Waals surface area contributed by atoms with Gasteiger partial charge in [-0.1, -0.05) is 48.5 Å². The SMILES string of the molecule is Cc1cccc(OCCCN2C(=O)NC(C)(c3ccc4ccccc4c3)C2=O)c1. The van der Waals surface area contributed by atoms with Crippen molar-refractivity contribution in [1.82, 2.24) is 10.2 Å². The first kappa shape index (κ1) is 19.0. The molecule has 0 spiro atoms. The van der Waals surface area contributed by atoms with Gasteiger partial charge in [-0.25, -0.2) is 4.79 Å². The molecule has 5 nitrogen and oxygen atoms in total. The summed E-state index contributed by atoms with van der Waals surface area (Å²) in [5.41, 5.74) is 0.856. The van der Waals surface area contributed by atoms with Crippen molar-refractivity contribution in [3.05, 3.63) is 77.9 Å². The Morgan fingerprint density at radius 1 is 0.966 bits per heavy atom. The van der Waals surface area contributed by atoms with Gasteiger partial charge in [0, 0.05) is 6.54 Å². The van der Waals surface area contributed by atoms with Crippen LogP contribution in [0.4, 0.5) is 4.79 Å². The number of carbonyl (C=O) groups excluding carboxylic acids is 2. The first-order valence-corrected chi connectivity index (χ1v) is 9.80. The van der Waals surface area contributed by atoms with E-state index in [0.717, 1.165) is 27.6 Å². The summed E-state index contributed by atoms with van der Waals surface area (Å²) >= 11 is 0. The first-order chi connectivity index (χ1) is 14.0. The molecule has 3 aromatic carbocycles. The maximum absolute atomic E-state index is 13.1. The number of benzene rings is 3. The van der Waals surface area contributed by atoms with Crippen LogP contribution in [0.15, 0.2) is 66.7 Å². The highest BCUT2D eigenvalue weighted by Crippen LogP contribution is 2.31. The molecule has 0 bridgehead atoms. The Hall–Kier alpha value is -3.34. The highest BCUT2D eigenvalue weighted by Gasteiger charge is 2.48. The lowest BCUT2D eigenvalue weighted by Gasteiger charge is -2.22. The minimum Gasteiger partial charge on any atom is -0.494 e. The van der Waals surface area contributed by atoms with E-state index in [1.54, 1.807) is 6.92 Å². The fraction of sp³-hybridized carbons (Fsp3) is 0.250. The zero-order chi connectivity index (χ0) is 20.4. The van der Waals surface area contributed by atoms with Crippen LogP contribution in [0, 0.1) is 6.92 Å². The highest BCUT2D eigenvalue weighted by atomic mass is 16.5. The van der Waals surface area contributed by atoms with E-state index in [0.29, 0.717) is 19.6 Å². The van der Waals surface area contributed by atoms with E-state index < -0.39 is 5.54 Å². The standard InChI is InChI=1S/C24H24N2O3/c1-17-7-5-10-21(15-17)29-14-6-13-26-22(27)24(2,25-23(26)28)20-12-11-18-8-3-4-9-19(18)16-20/h3-5,7-12,15-16H,6,13-14H2,1-2H3,(H,25,28). The number of carbonyl (C=O) groups is 2. The van der Waals surface area contributed by atoms with E-state index in [1.807, 2.05) is 73.7 Å². The van der Waals surface area contributed by atoms with Crippen LogP contribution < -0.4 is 10.1 Å². The number of urea groups is 1. The van der Waals surface area contributed by atoms with Crippen molar-refractivity contribution in [2.45, 2.75) is 25.8 Å². The van der Waals surface area contributed by atoms with Gasteiger partial charge in [-0.05, 0) is 60.4 Å².